The Kier molecular flexibility index (Phi) is 7.63. The average Bonchev–Trinajstić information content (AvgIpc) is 2.77. The number of nitrogens with one attached hydrogen (secondary N) is 2. The molecule has 1 saturated carbocycles. The van der Waals surface area contributed by atoms with E-state index in [-0.39, 0.29) is 30.0 Å². The van der Waals surface area contributed by atoms with Crippen molar-refractivity contribution in [1.29, 1.82) is 5.26 Å². The van der Waals surface area contributed by atoms with Crippen LogP contribution in [0.2, 0.25) is 0 Å². The molecule has 1 aliphatic carbocycles. The van der Waals surface area contributed by atoms with Crippen molar-refractivity contribution in [1.82, 2.24) is 10.6 Å². The van der Waals surface area contributed by atoms with E-state index in [9.17, 15) is 14.9 Å². The van der Waals surface area contributed by atoms with Gasteiger partial charge in [0.05, 0.1) is 36.6 Å². The highest BCUT2D eigenvalue weighted by molar-refractivity contribution is 8.03. The lowest BCUT2D eigenvalue weighted by molar-refractivity contribution is -0.121. The molecule has 1 fully saturated rings. The van der Waals surface area contributed by atoms with Crippen LogP contribution in [-0.4, -0.2) is 37.8 Å². The first-order chi connectivity index (χ1) is 14.6. The quantitative estimate of drug-likeness (QED) is 0.690. The second kappa shape index (κ2) is 10.4. The van der Waals surface area contributed by atoms with Crippen molar-refractivity contribution in [2.45, 2.75) is 50.5 Å². The molecule has 7 nitrogen and oxygen atoms in total. The molecule has 0 aromatic heterocycles. The maximum absolute atomic E-state index is 12.4. The Morgan fingerprint density at radius 3 is 2.70 bits per heavy atom. The predicted molar refractivity (Wildman–Crippen MR) is 115 cm³/mol. The molecule has 0 saturated heterocycles. The Bertz CT molecular complexity index is 872. The van der Waals surface area contributed by atoms with Gasteiger partial charge in [-0.25, -0.2) is 0 Å². The van der Waals surface area contributed by atoms with Gasteiger partial charge in [-0.3, -0.25) is 9.59 Å². The van der Waals surface area contributed by atoms with Crippen molar-refractivity contribution in [3.63, 3.8) is 0 Å². The van der Waals surface area contributed by atoms with Crippen LogP contribution in [0, 0.1) is 11.3 Å². The third-order valence-corrected chi connectivity index (χ3v) is 6.50. The van der Waals surface area contributed by atoms with Crippen molar-refractivity contribution in [2.75, 3.05) is 20.0 Å². The largest absolute Gasteiger partial charge is 0.493 e. The maximum atomic E-state index is 12.4. The number of methoxy groups -OCH3 is 2. The van der Waals surface area contributed by atoms with Crippen molar-refractivity contribution in [3.05, 3.63) is 34.4 Å². The number of benzene rings is 1. The SMILES string of the molecule is COc1cccc([C@@H]2CC(=O)NC(SCC(=O)NC3CCCCC3)=C2C#N)c1OC. The van der Waals surface area contributed by atoms with E-state index in [2.05, 4.69) is 16.7 Å². The minimum Gasteiger partial charge on any atom is -0.493 e. The highest BCUT2D eigenvalue weighted by atomic mass is 32.2. The normalized spacial score (nSPS) is 19.6. The summed E-state index contributed by atoms with van der Waals surface area (Å²) in [6.07, 6.45) is 5.66. The fraction of sp³-hybridized carbons (Fsp3) is 0.500. The molecular formula is C22H27N3O4S. The van der Waals surface area contributed by atoms with Gasteiger partial charge in [0.2, 0.25) is 11.8 Å². The first-order valence-electron chi connectivity index (χ1n) is 10.1. The van der Waals surface area contributed by atoms with Crippen LogP contribution in [-0.2, 0) is 9.59 Å². The zero-order valence-electron chi connectivity index (χ0n) is 17.3. The summed E-state index contributed by atoms with van der Waals surface area (Å²) in [4.78, 5) is 24.8. The minimum atomic E-state index is -0.460. The molecule has 1 aromatic carbocycles. The zero-order chi connectivity index (χ0) is 21.5. The van der Waals surface area contributed by atoms with Crippen LogP contribution in [0.1, 0.15) is 50.0 Å². The number of allylic oxidation sites excluding steroid dienone is 1. The van der Waals surface area contributed by atoms with Gasteiger partial charge < -0.3 is 20.1 Å². The number of carbonyl (C=O) groups is 2. The second-order valence-corrected chi connectivity index (χ2v) is 8.42. The van der Waals surface area contributed by atoms with Gasteiger partial charge in [-0.15, -0.1) is 0 Å². The molecule has 3 rings (SSSR count). The topological polar surface area (TPSA) is 100 Å². The van der Waals surface area contributed by atoms with Crippen LogP contribution < -0.4 is 20.1 Å². The molecule has 0 spiro atoms. The number of carbonyl (C=O) groups excluding carboxylic acids is 2. The van der Waals surface area contributed by atoms with Gasteiger partial charge in [0, 0.05) is 23.9 Å². The molecule has 8 heteroatoms. The highest BCUT2D eigenvalue weighted by Gasteiger charge is 2.32. The highest BCUT2D eigenvalue weighted by Crippen LogP contribution is 2.43. The molecule has 2 N–H and O–H groups in total. The number of amides is 2. The fourth-order valence-corrected chi connectivity index (χ4v) is 4.93. The number of hydrogen-bond donors (Lipinski definition) is 2. The van der Waals surface area contributed by atoms with Gasteiger partial charge in [0.15, 0.2) is 11.5 Å². The summed E-state index contributed by atoms with van der Waals surface area (Å²) in [6, 6.07) is 7.87. The van der Waals surface area contributed by atoms with Crippen molar-refractivity contribution in [3.8, 4) is 17.6 Å². The Balaban J connectivity index is 1.79. The maximum Gasteiger partial charge on any atom is 0.230 e. The first-order valence-corrected chi connectivity index (χ1v) is 11.1. The third kappa shape index (κ3) is 5.08. The average molecular weight is 430 g/mol. The standard InChI is InChI=1S/C22H27N3O4S/c1-28-18-10-6-9-15(21(18)29-2)16-11-19(26)25-22(17(16)12-23)30-13-20(27)24-14-7-4-3-5-8-14/h6,9-10,14,16H,3-5,7-8,11,13H2,1-2H3,(H,24,27)(H,25,26)/t16-/m0/s1. The van der Waals surface area contributed by atoms with E-state index in [1.807, 2.05) is 12.1 Å². The van der Waals surface area contributed by atoms with Gasteiger partial charge >= 0.3 is 0 Å². The minimum absolute atomic E-state index is 0.0768. The number of nitriles is 1. The van der Waals surface area contributed by atoms with Gasteiger partial charge in [0.1, 0.15) is 0 Å². The monoisotopic (exact) mass is 429 g/mol. The van der Waals surface area contributed by atoms with E-state index in [0.717, 1.165) is 25.7 Å². The molecule has 0 unspecified atom stereocenters. The Morgan fingerprint density at radius 2 is 2.03 bits per heavy atom. The number of ether oxygens (including phenoxy) is 2. The number of rotatable bonds is 7. The smallest absolute Gasteiger partial charge is 0.230 e. The zero-order valence-corrected chi connectivity index (χ0v) is 18.1. The summed E-state index contributed by atoms with van der Waals surface area (Å²) >= 11 is 1.19. The molecule has 160 valence electrons. The van der Waals surface area contributed by atoms with Crippen molar-refractivity contribution in [2.24, 2.45) is 0 Å². The molecule has 1 atom stereocenters. The molecule has 0 radical (unpaired) electrons. The van der Waals surface area contributed by atoms with E-state index < -0.39 is 5.92 Å². The molecule has 1 heterocycles. The van der Waals surface area contributed by atoms with Crippen LogP contribution in [0.15, 0.2) is 28.8 Å². The van der Waals surface area contributed by atoms with E-state index in [1.165, 1.54) is 25.3 Å². The predicted octanol–water partition coefficient (Wildman–Crippen LogP) is 3.22. The van der Waals surface area contributed by atoms with Crippen LogP contribution in [0.25, 0.3) is 0 Å². The fourth-order valence-electron chi connectivity index (χ4n) is 4.04. The molecule has 1 aromatic rings. The van der Waals surface area contributed by atoms with Gasteiger partial charge in [-0.1, -0.05) is 43.2 Å². The van der Waals surface area contributed by atoms with Crippen LogP contribution in [0.4, 0.5) is 0 Å². The van der Waals surface area contributed by atoms with E-state index >= 15 is 0 Å². The third-order valence-electron chi connectivity index (χ3n) is 5.48. The molecule has 1 aliphatic heterocycles. The van der Waals surface area contributed by atoms with Crippen LogP contribution >= 0.6 is 11.8 Å². The lowest BCUT2D eigenvalue weighted by Crippen LogP contribution is -2.38. The van der Waals surface area contributed by atoms with Gasteiger partial charge in [0.25, 0.3) is 0 Å². The van der Waals surface area contributed by atoms with Crippen molar-refractivity contribution < 1.29 is 19.1 Å². The van der Waals surface area contributed by atoms with Crippen LogP contribution in [0.3, 0.4) is 0 Å². The van der Waals surface area contributed by atoms with Crippen LogP contribution in [0.5, 0.6) is 11.5 Å². The first kappa shape index (κ1) is 22.0. The van der Waals surface area contributed by atoms with Gasteiger partial charge in [-0.2, -0.15) is 5.26 Å². The number of nitrogens with zero attached hydrogens (tertiary/aromatic N) is 1. The summed E-state index contributed by atoms with van der Waals surface area (Å²) in [5, 5.41) is 16.1. The summed E-state index contributed by atoms with van der Waals surface area (Å²) in [6.45, 7) is 0. The number of hydrogen-bond acceptors (Lipinski definition) is 6. The van der Waals surface area contributed by atoms with E-state index in [1.54, 1.807) is 13.2 Å². The molecule has 2 aliphatic rings. The lowest BCUT2D eigenvalue weighted by Gasteiger charge is -2.27. The molecule has 30 heavy (non-hydrogen) atoms. The number of para-hydroxylation sites is 1. The molecule has 2 amide bonds. The summed E-state index contributed by atoms with van der Waals surface area (Å²) in [5.41, 5.74) is 1.14. The summed E-state index contributed by atoms with van der Waals surface area (Å²) in [5.74, 6) is 0.467. The van der Waals surface area contributed by atoms with Crippen molar-refractivity contribution >= 4 is 23.6 Å². The van der Waals surface area contributed by atoms with E-state index in [0.29, 0.717) is 27.7 Å². The number of thioether (sulfide) groups is 1. The summed E-state index contributed by atoms with van der Waals surface area (Å²) < 4.78 is 10.9. The Labute approximate surface area is 181 Å². The molecular weight excluding hydrogens is 402 g/mol. The Hall–Kier alpha value is -2.66. The lowest BCUT2D eigenvalue weighted by atomic mass is 9.86. The van der Waals surface area contributed by atoms with Gasteiger partial charge in [-0.05, 0) is 18.9 Å². The second-order valence-electron chi connectivity index (χ2n) is 7.43. The van der Waals surface area contributed by atoms with E-state index in [4.69, 9.17) is 9.47 Å². The Morgan fingerprint density at radius 1 is 1.27 bits per heavy atom. The summed E-state index contributed by atoms with van der Waals surface area (Å²) in [7, 11) is 3.08. The molecule has 0 bridgehead atoms.